The third-order valence-electron chi connectivity index (χ3n) is 6.72. The second-order valence-electron chi connectivity index (χ2n) is 9.48. The molecule has 4 aromatic carbocycles. The van der Waals surface area contributed by atoms with E-state index >= 15 is 0 Å². The average Bonchev–Trinajstić information content (AvgIpc) is 2.97. The molecule has 4 aromatic rings. The fourth-order valence-corrected chi connectivity index (χ4v) is 4.45. The van der Waals surface area contributed by atoms with E-state index < -0.39 is 11.9 Å². The molecule has 0 saturated heterocycles. The normalized spacial score (nSPS) is 14.0. The minimum atomic E-state index is -0.558. The molecular formula is C33H28N2O5. The van der Waals surface area contributed by atoms with E-state index in [1.807, 2.05) is 86.6 Å². The molecule has 40 heavy (non-hydrogen) atoms. The van der Waals surface area contributed by atoms with Crippen LogP contribution in [-0.2, 0) is 11.4 Å². The van der Waals surface area contributed by atoms with Crippen LogP contribution in [0.3, 0.4) is 0 Å². The Balaban J connectivity index is 1.30. The highest BCUT2D eigenvalue weighted by atomic mass is 16.6. The number of hydrogen-bond acceptors (Lipinski definition) is 7. The fourth-order valence-electron chi connectivity index (χ4n) is 4.45. The van der Waals surface area contributed by atoms with Crippen LogP contribution in [-0.4, -0.2) is 12.6 Å². The lowest BCUT2D eigenvalue weighted by Gasteiger charge is -2.26. The first kappa shape index (κ1) is 26.4. The molecule has 7 nitrogen and oxygen atoms in total. The molecule has 0 aliphatic carbocycles. The van der Waals surface area contributed by atoms with E-state index in [1.165, 1.54) is 0 Å². The Bertz CT molecular complexity index is 1600. The molecule has 0 saturated carbocycles. The minimum Gasteiger partial charge on any atom is -0.489 e. The second-order valence-corrected chi connectivity index (χ2v) is 9.48. The summed E-state index contributed by atoms with van der Waals surface area (Å²) in [7, 11) is 0. The van der Waals surface area contributed by atoms with Crippen molar-refractivity contribution in [1.29, 1.82) is 5.26 Å². The fraction of sp³-hybridized carbons (Fsp3) is 0.152. The Morgan fingerprint density at radius 2 is 1.60 bits per heavy atom. The number of esters is 1. The van der Waals surface area contributed by atoms with Gasteiger partial charge in [-0.25, -0.2) is 4.79 Å². The van der Waals surface area contributed by atoms with Gasteiger partial charge in [0.15, 0.2) is 6.61 Å². The molecule has 5 rings (SSSR count). The van der Waals surface area contributed by atoms with Crippen molar-refractivity contribution in [2.45, 2.75) is 26.4 Å². The number of rotatable bonds is 8. The number of benzene rings is 4. The largest absolute Gasteiger partial charge is 0.489 e. The van der Waals surface area contributed by atoms with Crippen molar-refractivity contribution in [3.63, 3.8) is 0 Å². The highest BCUT2D eigenvalue weighted by molar-refractivity contribution is 5.74. The molecule has 1 atom stereocenters. The first-order chi connectivity index (χ1) is 19.4. The van der Waals surface area contributed by atoms with E-state index in [2.05, 4.69) is 6.07 Å². The van der Waals surface area contributed by atoms with E-state index in [0.29, 0.717) is 29.4 Å². The second kappa shape index (κ2) is 11.7. The Morgan fingerprint density at radius 3 is 2.33 bits per heavy atom. The summed E-state index contributed by atoms with van der Waals surface area (Å²) < 4.78 is 22.7. The van der Waals surface area contributed by atoms with E-state index in [1.54, 1.807) is 18.2 Å². The Labute approximate surface area is 233 Å². The van der Waals surface area contributed by atoms with Crippen LogP contribution in [0.1, 0.15) is 33.7 Å². The highest BCUT2D eigenvalue weighted by Gasteiger charge is 2.31. The van der Waals surface area contributed by atoms with Gasteiger partial charge in [-0.3, -0.25) is 0 Å². The molecule has 1 heterocycles. The van der Waals surface area contributed by atoms with Crippen LogP contribution in [0.15, 0.2) is 102 Å². The summed E-state index contributed by atoms with van der Waals surface area (Å²) in [6.07, 6.45) is 0. The van der Waals surface area contributed by atoms with Gasteiger partial charge < -0.3 is 24.7 Å². The molecule has 0 amide bonds. The molecular weight excluding hydrogens is 504 g/mol. The molecule has 0 radical (unpaired) electrons. The Kier molecular flexibility index (Phi) is 7.70. The SMILES string of the molecule is Cc1ccc(OCC(=O)Oc2ccc3c(c2)OC(N)=C(C#N)C3c2ccc(OCc3ccccc3)cc2)cc1C. The van der Waals surface area contributed by atoms with Gasteiger partial charge in [-0.2, -0.15) is 5.26 Å². The summed E-state index contributed by atoms with van der Waals surface area (Å²) in [5, 5.41) is 9.87. The van der Waals surface area contributed by atoms with Gasteiger partial charge in [0.05, 0.1) is 5.92 Å². The molecule has 1 unspecified atom stereocenters. The van der Waals surface area contributed by atoms with Crippen LogP contribution in [0.2, 0.25) is 0 Å². The van der Waals surface area contributed by atoms with E-state index in [-0.39, 0.29) is 18.2 Å². The number of allylic oxidation sites excluding steroid dienone is 1. The van der Waals surface area contributed by atoms with Crippen LogP contribution < -0.4 is 24.7 Å². The van der Waals surface area contributed by atoms with E-state index in [9.17, 15) is 10.1 Å². The number of aryl methyl sites for hydroxylation is 2. The predicted molar refractivity (Wildman–Crippen MR) is 150 cm³/mol. The van der Waals surface area contributed by atoms with Gasteiger partial charge >= 0.3 is 5.97 Å². The maximum absolute atomic E-state index is 12.5. The van der Waals surface area contributed by atoms with Crippen molar-refractivity contribution in [3.8, 4) is 29.1 Å². The van der Waals surface area contributed by atoms with Gasteiger partial charge in [0, 0.05) is 11.6 Å². The van der Waals surface area contributed by atoms with Crippen LogP contribution in [0.25, 0.3) is 0 Å². The van der Waals surface area contributed by atoms with Crippen molar-refractivity contribution < 1.29 is 23.7 Å². The predicted octanol–water partition coefficient (Wildman–Crippen LogP) is 6.09. The van der Waals surface area contributed by atoms with Crippen LogP contribution in [0, 0.1) is 25.2 Å². The molecule has 2 N–H and O–H groups in total. The van der Waals surface area contributed by atoms with E-state index in [4.69, 9.17) is 24.7 Å². The number of ether oxygens (including phenoxy) is 4. The van der Waals surface area contributed by atoms with Gasteiger partial charge in [0.1, 0.15) is 41.2 Å². The van der Waals surface area contributed by atoms with Gasteiger partial charge in [-0.1, -0.05) is 54.6 Å². The Hall–Kier alpha value is -5.22. The van der Waals surface area contributed by atoms with Crippen LogP contribution in [0.4, 0.5) is 0 Å². The lowest BCUT2D eigenvalue weighted by Crippen LogP contribution is -2.21. The van der Waals surface area contributed by atoms with Crippen molar-refractivity contribution in [2.75, 3.05) is 6.61 Å². The molecule has 0 fully saturated rings. The summed E-state index contributed by atoms with van der Waals surface area (Å²) in [5.74, 6) is 0.990. The molecule has 1 aliphatic rings. The number of fused-ring (bicyclic) bond motifs is 1. The molecule has 0 spiro atoms. The van der Waals surface area contributed by atoms with Gasteiger partial charge in [0.25, 0.3) is 0 Å². The molecule has 200 valence electrons. The lowest BCUT2D eigenvalue weighted by atomic mass is 9.83. The van der Waals surface area contributed by atoms with Gasteiger partial charge in [-0.15, -0.1) is 0 Å². The third-order valence-corrected chi connectivity index (χ3v) is 6.72. The summed E-state index contributed by atoms with van der Waals surface area (Å²) in [6, 6.07) is 30.3. The molecule has 7 heteroatoms. The number of carbonyl (C=O) groups excluding carboxylic acids is 1. The number of nitriles is 1. The first-order valence-corrected chi connectivity index (χ1v) is 12.8. The smallest absolute Gasteiger partial charge is 0.349 e. The van der Waals surface area contributed by atoms with Crippen molar-refractivity contribution in [2.24, 2.45) is 5.73 Å². The van der Waals surface area contributed by atoms with Crippen LogP contribution >= 0.6 is 0 Å². The number of hydrogen-bond donors (Lipinski definition) is 1. The van der Waals surface area contributed by atoms with Gasteiger partial charge in [-0.05, 0) is 66.4 Å². The standard InChI is InChI=1S/C33H28N2O5/c1-21-8-11-26(16-22(21)2)38-20-31(36)39-27-14-15-28-30(17-27)40-33(35)29(18-34)32(28)24-9-12-25(13-10-24)37-19-23-6-4-3-5-7-23/h3-17,32H,19-20,35H2,1-2H3. The molecule has 0 aromatic heterocycles. The highest BCUT2D eigenvalue weighted by Crippen LogP contribution is 2.43. The average molecular weight is 533 g/mol. The molecule has 0 bridgehead atoms. The van der Waals surface area contributed by atoms with Crippen molar-refractivity contribution in [3.05, 3.63) is 130 Å². The maximum Gasteiger partial charge on any atom is 0.349 e. The number of nitrogens with two attached hydrogens (primary N) is 1. The zero-order valence-electron chi connectivity index (χ0n) is 22.2. The Morgan fingerprint density at radius 1 is 0.875 bits per heavy atom. The monoisotopic (exact) mass is 532 g/mol. The van der Waals surface area contributed by atoms with E-state index in [0.717, 1.165) is 27.8 Å². The minimum absolute atomic E-state index is 0.00551. The lowest BCUT2D eigenvalue weighted by molar-refractivity contribution is -0.136. The quantitative estimate of drug-likeness (QED) is 0.216. The van der Waals surface area contributed by atoms with Crippen molar-refractivity contribution >= 4 is 5.97 Å². The van der Waals surface area contributed by atoms with Crippen molar-refractivity contribution in [1.82, 2.24) is 0 Å². The zero-order valence-corrected chi connectivity index (χ0v) is 22.2. The topological polar surface area (TPSA) is 104 Å². The summed E-state index contributed by atoms with van der Waals surface area (Å²) in [6.45, 7) is 4.19. The first-order valence-electron chi connectivity index (χ1n) is 12.8. The van der Waals surface area contributed by atoms with Gasteiger partial charge in [0.2, 0.25) is 5.88 Å². The number of nitrogens with zero attached hydrogens (tertiary/aromatic N) is 1. The summed E-state index contributed by atoms with van der Waals surface area (Å²) in [4.78, 5) is 12.5. The van der Waals surface area contributed by atoms with Crippen LogP contribution in [0.5, 0.6) is 23.0 Å². The third kappa shape index (κ3) is 5.92. The summed E-state index contributed by atoms with van der Waals surface area (Å²) in [5.41, 5.74) is 11.3. The molecule has 1 aliphatic heterocycles. The zero-order chi connectivity index (χ0) is 28.1. The number of carbonyl (C=O) groups is 1. The summed E-state index contributed by atoms with van der Waals surface area (Å²) >= 11 is 0. The maximum atomic E-state index is 12.5.